The maximum absolute atomic E-state index is 13.8. The molecule has 2 saturated carbocycles. The van der Waals surface area contributed by atoms with E-state index in [9.17, 15) is 43.8 Å². The second-order valence-corrected chi connectivity index (χ2v) is 10.6. The zero-order valence-corrected chi connectivity index (χ0v) is 21.7. The van der Waals surface area contributed by atoms with Crippen molar-refractivity contribution in [2.24, 2.45) is 29.4 Å². The summed E-state index contributed by atoms with van der Waals surface area (Å²) in [5.74, 6) is -12.8. The Labute approximate surface area is 230 Å². The number of rotatable bonds is 5. The summed E-state index contributed by atoms with van der Waals surface area (Å²) < 4.78 is 0. The first-order valence-electron chi connectivity index (χ1n) is 12.5. The van der Waals surface area contributed by atoms with E-state index in [0.29, 0.717) is 0 Å². The summed E-state index contributed by atoms with van der Waals surface area (Å²) in [5, 5.41) is 22.1. The number of hydrogen-bond donors (Lipinski definition) is 5. The minimum absolute atomic E-state index is 0.0511. The molecular formula is C26H25N5O10. The van der Waals surface area contributed by atoms with Crippen LogP contribution in [0.5, 0.6) is 11.5 Å². The SMILES string of the molecule is CN(C)[C@H]1C(=O)C(C(N)=O)C(=O)[C@]2(O)C(=O)C3C(=O)c4c(O)ccc(ONC(=O)c5cc(=O)[nH]cn5)c4C[C@@H]3C[C@H]12. The van der Waals surface area contributed by atoms with Crippen LogP contribution in [0, 0.1) is 23.7 Å². The van der Waals surface area contributed by atoms with E-state index in [1.54, 1.807) is 0 Å². The lowest BCUT2D eigenvalue weighted by atomic mass is 9.52. The lowest BCUT2D eigenvalue weighted by Crippen LogP contribution is -2.74. The molecule has 0 saturated heterocycles. The zero-order chi connectivity index (χ0) is 30.0. The van der Waals surface area contributed by atoms with E-state index in [0.717, 1.165) is 18.5 Å². The molecular weight excluding hydrogens is 542 g/mol. The Morgan fingerprint density at radius 1 is 1.17 bits per heavy atom. The minimum Gasteiger partial charge on any atom is -0.507 e. The van der Waals surface area contributed by atoms with Crippen LogP contribution in [0.25, 0.3) is 0 Å². The number of aromatic amines is 1. The average molecular weight is 568 g/mol. The molecule has 41 heavy (non-hydrogen) atoms. The van der Waals surface area contributed by atoms with Gasteiger partial charge in [-0.25, -0.2) is 4.98 Å². The largest absolute Gasteiger partial charge is 0.507 e. The predicted octanol–water partition coefficient (Wildman–Crippen LogP) is -2.33. The fraction of sp³-hybridized carbons (Fsp3) is 0.385. The van der Waals surface area contributed by atoms with Crippen LogP contribution in [0.1, 0.15) is 32.8 Å². The number of phenolic OH excluding ortho intramolecular Hbond substituents is 1. The average Bonchev–Trinajstić information content (AvgIpc) is 2.89. The normalized spacial score (nSPS) is 28.9. The molecule has 15 heteroatoms. The lowest BCUT2D eigenvalue weighted by molar-refractivity contribution is -0.181. The molecule has 214 valence electrons. The van der Waals surface area contributed by atoms with Crippen LogP contribution >= 0.6 is 0 Å². The Morgan fingerprint density at radius 2 is 1.88 bits per heavy atom. The third-order valence-corrected chi connectivity index (χ3v) is 8.07. The van der Waals surface area contributed by atoms with Gasteiger partial charge in [-0.1, -0.05) is 0 Å². The lowest BCUT2D eigenvalue weighted by Gasteiger charge is -2.52. The molecule has 2 unspecified atom stereocenters. The quantitative estimate of drug-likeness (QED) is 0.189. The number of hydroxylamine groups is 1. The highest BCUT2D eigenvalue weighted by molar-refractivity contribution is 6.32. The summed E-state index contributed by atoms with van der Waals surface area (Å²) in [6.45, 7) is 0. The van der Waals surface area contributed by atoms with Gasteiger partial charge >= 0.3 is 5.91 Å². The van der Waals surface area contributed by atoms with E-state index in [1.165, 1.54) is 25.1 Å². The van der Waals surface area contributed by atoms with Crippen molar-refractivity contribution in [3.05, 3.63) is 51.7 Å². The van der Waals surface area contributed by atoms with Crippen molar-refractivity contribution in [2.45, 2.75) is 24.5 Å². The first-order valence-corrected chi connectivity index (χ1v) is 12.5. The number of phenols is 1. The molecule has 3 aliphatic carbocycles. The number of aliphatic hydroxyl groups is 1. The van der Waals surface area contributed by atoms with Crippen molar-refractivity contribution in [1.29, 1.82) is 0 Å². The number of benzene rings is 1. The van der Waals surface area contributed by atoms with Gasteiger partial charge in [-0.3, -0.25) is 38.5 Å². The van der Waals surface area contributed by atoms with Crippen molar-refractivity contribution >= 4 is 34.9 Å². The Balaban J connectivity index is 1.52. The Hall–Kier alpha value is -4.76. The molecule has 1 aromatic carbocycles. The number of aromatic nitrogens is 2. The maximum atomic E-state index is 13.8. The number of likely N-dealkylation sites (N-methyl/N-ethyl adjacent to an activating group) is 1. The number of primary amides is 1. The predicted molar refractivity (Wildman–Crippen MR) is 134 cm³/mol. The molecule has 5 rings (SSSR count). The fourth-order valence-electron chi connectivity index (χ4n) is 6.32. The number of H-pyrrole nitrogens is 1. The number of carbonyl (C=O) groups is 6. The number of Topliss-reactive ketones (excluding diaryl/α,β-unsaturated/α-hetero) is 4. The summed E-state index contributed by atoms with van der Waals surface area (Å²) in [4.78, 5) is 103. The first-order chi connectivity index (χ1) is 19.3. The highest BCUT2D eigenvalue weighted by Gasteiger charge is 2.69. The van der Waals surface area contributed by atoms with Gasteiger partial charge in [0.1, 0.15) is 11.4 Å². The number of nitrogens with zero attached hydrogens (tertiary/aromatic N) is 2. The zero-order valence-electron chi connectivity index (χ0n) is 21.7. The molecule has 2 amide bonds. The topological polar surface area (TPSA) is 239 Å². The molecule has 6 atom stereocenters. The summed E-state index contributed by atoms with van der Waals surface area (Å²) in [5.41, 5.74) is 3.57. The van der Waals surface area contributed by atoms with Gasteiger partial charge in [0.25, 0.3) is 5.56 Å². The molecule has 2 fully saturated rings. The van der Waals surface area contributed by atoms with E-state index in [4.69, 9.17) is 10.6 Å². The number of carbonyl (C=O) groups excluding carboxylic acids is 6. The minimum atomic E-state index is -2.84. The molecule has 3 aliphatic rings. The molecule has 0 bridgehead atoms. The van der Waals surface area contributed by atoms with Crippen molar-refractivity contribution in [3.63, 3.8) is 0 Å². The molecule has 0 radical (unpaired) electrons. The van der Waals surface area contributed by atoms with Crippen LogP contribution in [0.4, 0.5) is 0 Å². The number of ketones is 4. The third kappa shape index (κ3) is 4.12. The highest BCUT2D eigenvalue weighted by atomic mass is 16.7. The van der Waals surface area contributed by atoms with Gasteiger partial charge in [0.15, 0.2) is 40.4 Å². The van der Waals surface area contributed by atoms with Crippen molar-refractivity contribution in [3.8, 4) is 11.5 Å². The summed E-state index contributed by atoms with van der Waals surface area (Å²) in [6.07, 6.45) is 0.796. The van der Waals surface area contributed by atoms with Gasteiger partial charge in [0.2, 0.25) is 5.91 Å². The Kier molecular flexibility index (Phi) is 6.58. The second kappa shape index (κ2) is 9.71. The van der Waals surface area contributed by atoms with E-state index >= 15 is 0 Å². The Morgan fingerprint density at radius 3 is 2.51 bits per heavy atom. The van der Waals surface area contributed by atoms with Gasteiger partial charge in [-0.05, 0) is 45.0 Å². The number of hydrogen-bond acceptors (Lipinski definition) is 12. The summed E-state index contributed by atoms with van der Waals surface area (Å²) in [7, 11) is 2.97. The number of nitrogens with two attached hydrogens (primary N) is 1. The molecule has 1 aromatic heterocycles. The third-order valence-electron chi connectivity index (χ3n) is 8.07. The van der Waals surface area contributed by atoms with Crippen LogP contribution in [0.15, 0.2) is 29.3 Å². The summed E-state index contributed by atoms with van der Waals surface area (Å²) in [6, 6.07) is 2.08. The molecule has 1 heterocycles. The first kappa shape index (κ1) is 27.8. The highest BCUT2D eigenvalue weighted by Crippen LogP contribution is 2.51. The van der Waals surface area contributed by atoms with Crippen LogP contribution in [0.3, 0.4) is 0 Å². The number of amides is 2. The number of fused-ring (bicyclic) bond motifs is 3. The van der Waals surface area contributed by atoms with Gasteiger partial charge in [-0.2, -0.15) is 5.48 Å². The standard InChI is InChI=1S/C26H25N5O10/c1-31(2)19-11-6-9-5-10-14(41-30-25(39)12-7-15(33)29-8-28-12)4-3-13(32)17(10)20(34)16(9)22(36)26(11,40)23(37)18(21(19)35)24(27)38/h3-4,7-9,11,16,18-19,32,40H,5-6H2,1-2H3,(H2,27,38)(H,30,39)(H,28,29,33)/t9-,11-,16?,18?,19-,26-/m1/s1. The van der Waals surface area contributed by atoms with Crippen LogP contribution in [-0.4, -0.2) is 85.8 Å². The molecule has 6 N–H and O–H groups in total. The van der Waals surface area contributed by atoms with Gasteiger partial charge in [-0.15, -0.1) is 0 Å². The molecule has 2 aromatic rings. The van der Waals surface area contributed by atoms with Crippen LogP contribution in [-0.2, 0) is 25.6 Å². The monoisotopic (exact) mass is 567 g/mol. The fourth-order valence-corrected chi connectivity index (χ4v) is 6.32. The smallest absolute Gasteiger partial charge is 0.302 e. The van der Waals surface area contributed by atoms with Crippen LogP contribution in [0.2, 0.25) is 0 Å². The Bertz CT molecular complexity index is 1600. The van der Waals surface area contributed by atoms with E-state index in [-0.39, 0.29) is 35.4 Å². The van der Waals surface area contributed by atoms with Gasteiger partial charge < -0.3 is 25.8 Å². The number of nitrogens with one attached hydrogen (secondary N) is 2. The van der Waals surface area contributed by atoms with Gasteiger partial charge in [0.05, 0.1) is 23.9 Å². The van der Waals surface area contributed by atoms with Crippen molar-refractivity contribution in [1.82, 2.24) is 20.3 Å². The second-order valence-electron chi connectivity index (χ2n) is 10.6. The number of aromatic hydroxyl groups is 1. The maximum Gasteiger partial charge on any atom is 0.302 e. The molecule has 15 nitrogen and oxygen atoms in total. The van der Waals surface area contributed by atoms with Gasteiger partial charge in [0, 0.05) is 17.5 Å². The van der Waals surface area contributed by atoms with Crippen molar-refractivity contribution in [2.75, 3.05) is 14.1 Å². The summed E-state index contributed by atoms with van der Waals surface area (Å²) >= 11 is 0. The van der Waals surface area contributed by atoms with E-state index < -0.39 is 81.6 Å². The van der Waals surface area contributed by atoms with E-state index in [2.05, 4.69) is 15.4 Å². The molecule has 0 spiro atoms. The van der Waals surface area contributed by atoms with Crippen LogP contribution < -0.4 is 21.6 Å². The van der Waals surface area contributed by atoms with Crippen molar-refractivity contribution < 1.29 is 43.8 Å². The van der Waals surface area contributed by atoms with E-state index in [1.807, 2.05) is 0 Å². The molecule has 0 aliphatic heterocycles.